The molecule has 2 N–H and O–H groups in total. The Bertz CT molecular complexity index is 1410. The molecule has 37 heavy (non-hydrogen) atoms. The Labute approximate surface area is 221 Å². The molecule has 4 rings (SSSR count). The highest BCUT2D eigenvalue weighted by Gasteiger charge is 2.14. The zero-order valence-corrected chi connectivity index (χ0v) is 22.3. The van der Waals surface area contributed by atoms with Crippen molar-refractivity contribution in [2.75, 3.05) is 31.8 Å². The van der Waals surface area contributed by atoms with Crippen LogP contribution in [0.15, 0.2) is 71.8 Å². The van der Waals surface area contributed by atoms with Gasteiger partial charge in [0.2, 0.25) is 5.91 Å². The van der Waals surface area contributed by atoms with Gasteiger partial charge in [-0.25, -0.2) is 0 Å². The van der Waals surface area contributed by atoms with E-state index in [4.69, 9.17) is 9.47 Å². The summed E-state index contributed by atoms with van der Waals surface area (Å²) < 4.78 is 12.7. The maximum Gasteiger partial charge on any atom is 0.251 e. The lowest BCUT2D eigenvalue weighted by Crippen LogP contribution is -2.27. The van der Waals surface area contributed by atoms with Crippen molar-refractivity contribution >= 4 is 40.2 Å². The average molecular weight is 518 g/mol. The van der Waals surface area contributed by atoms with Crippen LogP contribution in [-0.2, 0) is 11.3 Å². The smallest absolute Gasteiger partial charge is 0.251 e. The second kappa shape index (κ2) is 11.9. The maximum absolute atomic E-state index is 12.7. The minimum absolute atomic E-state index is 0.0810. The van der Waals surface area contributed by atoms with Crippen LogP contribution in [0.1, 0.15) is 21.5 Å². The van der Waals surface area contributed by atoms with Gasteiger partial charge in [0.15, 0.2) is 0 Å². The third-order valence-electron chi connectivity index (χ3n) is 5.91. The van der Waals surface area contributed by atoms with Crippen LogP contribution in [0.25, 0.3) is 10.9 Å². The largest absolute Gasteiger partial charge is 0.497 e. The summed E-state index contributed by atoms with van der Waals surface area (Å²) in [4.78, 5) is 26.4. The van der Waals surface area contributed by atoms with Crippen LogP contribution < -0.4 is 20.1 Å². The first-order valence-electron chi connectivity index (χ1n) is 12.0. The van der Waals surface area contributed by atoms with Crippen LogP contribution >= 0.6 is 11.8 Å². The van der Waals surface area contributed by atoms with Gasteiger partial charge in [-0.1, -0.05) is 35.4 Å². The summed E-state index contributed by atoms with van der Waals surface area (Å²) >= 11 is 1.47. The lowest BCUT2D eigenvalue weighted by atomic mass is 10.1. The number of hydrogen-bond donors (Lipinski definition) is 2. The number of methoxy groups -OCH3 is 2. The summed E-state index contributed by atoms with van der Waals surface area (Å²) in [6.45, 7) is 5.08. The molecule has 0 radical (unpaired) electrons. The van der Waals surface area contributed by atoms with Crippen LogP contribution in [0.4, 0.5) is 5.69 Å². The van der Waals surface area contributed by atoms with Gasteiger partial charge in [0.05, 0.1) is 25.7 Å². The Morgan fingerprint density at radius 2 is 1.70 bits per heavy atom. The molecule has 0 saturated carbocycles. The number of anilines is 1. The van der Waals surface area contributed by atoms with E-state index in [2.05, 4.69) is 21.3 Å². The van der Waals surface area contributed by atoms with Gasteiger partial charge >= 0.3 is 0 Å². The standard InChI is InChI=1S/C29H31N3O4S/c1-19-13-20(2)15-21(14-19)29(34)30-11-12-32-17-27(23-7-5-6-8-25(23)32)37-18-28(33)31-24-16-22(35-3)9-10-26(24)36-4/h5-10,13-17H,11-12,18H2,1-4H3,(H,30,34)(H,31,33). The molecule has 0 atom stereocenters. The van der Waals surface area contributed by atoms with E-state index in [0.29, 0.717) is 35.8 Å². The zero-order chi connectivity index (χ0) is 26.4. The second-order valence-electron chi connectivity index (χ2n) is 8.74. The van der Waals surface area contributed by atoms with Crippen molar-refractivity contribution in [2.24, 2.45) is 0 Å². The third-order valence-corrected chi connectivity index (χ3v) is 6.96. The fourth-order valence-corrected chi connectivity index (χ4v) is 5.14. The number of benzene rings is 3. The Hall–Kier alpha value is -3.91. The van der Waals surface area contributed by atoms with Gasteiger partial charge in [0, 0.05) is 46.7 Å². The Morgan fingerprint density at radius 3 is 2.43 bits per heavy atom. The number of nitrogens with zero attached hydrogens (tertiary/aromatic N) is 1. The van der Waals surface area contributed by atoms with Crippen LogP contribution in [-0.4, -0.2) is 42.9 Å². The molecule has 1 aromatic heterocycles. The number of hydrogen-bond acceptors (Lipinski definition) is 5. The van der Waals surface area contributed by atoms with E-state index in [0.717, 1.165) is 26.9 Å². The number of thioether (sulfide) groups is 1. The monoisotopic (exact) mass is 517 g/mol. The summed E-state index contributed by atoms with van der Waals surface area (Å²) in [7, 11) is 3.14. The van der Waals surface area contributed by atoms with Crippen LogP contribution in [0.5, 0.6) is 11.5 Å². The maximum atomic E-state index is 12.7. The summed E-state index contributed by atoms with van der Waals surface area (Å²) in [6.07, 6.45) is 2.04. The minimum atomic E-state index is -0.144. The van der Waals surface area contributed by atoms with Crippen molar-refractivity contribution in [2.45, 2.75) is 25.3 Å². The molecule has 0 aliphatic carbocycles. The summed E-state index contributed by atoms with van der Waals surface area (Å²) in [5, 5.41) is 7.00. The molecular formula is C29H31N3O4S. The van der Waals surface area contributed by atoms with Crippen molar-refractivity contribution in [1.29, 1.82) is 0 Å². The second-order valence-corrected chi connectivity index (χ2v) is 9.76. The van der Waals surface area contributed by atoms with E-state index >= 15 is 0 Å². The Kier molecular flexibility index (Phi) is 8.40. The van der Waals surface area contributed by atoms with Gasteiger partial charge in [0.1, 0.15) is 11.5 Å². The number of aryl methyl sites for hydroxylation is 2. The van der Waals surface area contributed by atoms with Gasteiger partial charge in [-0.05, 0) is 44.2 Å². The fraction of sp³-hybridized carbons (Fsp3) is 0.241. The van der Waals surface area contributed by atoms with Crippen LogP contribution in [0.3, 0.4) is 0 Å². The Morgan fingerprint density at radius 1 is 0.946 bits per heavy atom. The van der Waals surface area contributed by atoms with Crippen molar-refractivity contribution in [3.63, 3.8) is 0 Å². The number of amides is 2. The number of para-hydroxylation sites is 1. The highest BCUT2D eigenvalue weighted by atomic mass is 32.2. The van der Waals surface area contributed by atoms with Gasteiger partial charge in [-0.3, -0.25) is 9.59 Å². The number of fused-ring (bicyclic) bond motifs is 1. The average Bonchev–Trinajstić information content (AvgIpc) is 3.24. The third kappa shape index (κ3) is 6.46. The summed E-state index contributed by atoms with van der Waals surface area (Å²) in [6, 6.07) is 19.2. The van der Waals surface area contributed by atoms with Crippen molar-refractivity contribution in [3.05, 3.63) is 83.6 Å². The number of nitrogens with one attached hydrogen (secondary N) is 2. The number of carbonyl (C=O) groups is 2. The van der Waals surface area contributed by atoms with E-state index in [9.17, 15) is 9.59 Å². The molecule has 0 fully saturated rings. The van der Waals surface area contributed by atoms with Gasteiger partial charge in [0.25, 0.3) is 5.91 Å². The number of rotatable bonds is 10. The minimum Gasteiger partial charge on any atom is -0.497 e. The molecule has 2 amide bonds. The molecule has 0 aliphatic heterocycles. The fourth-order valence-electron chi connectivity index (χ4n) is 4.25. The van der Waals surface area contributed by atoms with Crippen molar-refractivity contribution in [1.82, 2.24) is 9.88 Å². The predicted molar refractivity (Wildman–Crippen MR) is 149 cm³/mol. The van der Waals surface area contributed by atoms with Crippen molar-refractivity contribution < 1.29 is 19.1 Å². The van der Waals surface area contributed by atoms with Crippen molar-refractivity contribution in [3.8, 4) is 11.5 Å². The van der Waals surface area contributed by atoms with E-state index < -0.39 is 0 Å². The van der Waals surface area contributed by atoms with E-state index in [1.807, 2.05) is 56.4 Å². The SMILES string of the molecule is COc1ccc(OC)c(NC(=O)CSc2cn(CCNC(=O)c3cc(C)cc(C)c3)c3ccccc23)c1. The highest BCUT2D eigenvalue weighted by Crippen LogP contribution is 2.32. The molecule has 192 valence electrons. The topological polar surface area (TPSA) is 81.6 Å². The molecule has 1 heterocycles. The first-order valence-corrected chi connectivity index (χ1v) is 13.0. The Balaban J connectivity index is 1.40. The molecule has 0 bridgehead atoms. The summed E-state index contributed by atoms with van der Waals surface area (Å²) in [5.74, 6) is 1.21. The van der Waals surface area contributed by atoms with E-state index in [1.165, 1.54) is 11.8 Å². The lowest BCUT2D eigenvalue weighted by molar-refractivity contribution is -0.113. The zero-order valence-electron chi connectivity index (χ0n) is 21.5. The molecule has 0 saturated heterocycles. The van der Waals surface area contributed by atoms with Crippen LogP contribution in [0, 0.1) is 13.8 Å². The first kappa shape index (κ1) is 26.2. The molecule has 0 aliphatic rings. The molecular weight excluding hydrogens is 486 g/mol. The van der Waals surface area contributed by atoms with Gasteiger partial charge < -0.3 is 24.7 Å². The quantitative estimate of drug-likeness (QED) is 0.274. The van der Waals surface area contributed by atoms with E-state index in [1.54, 1.807) is 32.4 Å². The normalized spacial score (nSPS) is 10.8. The molecule has 7 nitrogen and oxygen atoms in total. The molecule has 0 spiro atoms. The van der Waals surface area contributed by atoms with Crippen LogP contribution in [0.2, 0.25) is 0 Å². The predicted octanol–water partition coefficient (Wildman–Crippen LogP) is 5.44. The molecule has 0 unspecified atom stereocenters. The lowest BCUT2D eigenvalue weighted by Gasteiger charge is -2.11. The molecule has 3 aromatic carbocycles. The van der Waals surface area contributed by atoms with E-state index in [-0.39, 0.29) is 17.6 Å². The molecule has 8 heteroatoms. The number of carbonyl (C=O) groups excluding carboxylic acids is 2. The van der Waals surface area contributed by atoms with Gasteiger partial charge in [-0.2, -0.15) is 0 Å². The van der Waals surface area contributed by atoms with Gasteiger partial charge in [-0.15, -0.1) is 11.8 Å². The summed E-state index contributed by atoms with van der Waals surface area (Å²) in [5.41, 5.74) is 4.42. The molecule has 4 aromatic rings. The number of aromatic nitrogens is 1. The highest BCUT2D eigenvalue weighted by molar-refractivity contribution is 8.00. The first-order chi connectivity index (χ1) is 17.9. The number of ether oxygens (including phenoxy) is 2.